The van der Waals surface area contributed by atoms with Gasteiger partial charge in [0.2, 0.25) is 5.76 Å². The third kappa shape index (κ3) is 2.93. The fraction of sp³-hybridized carbons (Fsp3) is 0.643. The van der Waals surface area contributed by atoms with Crippen molar-refractivity contribution in [3.05, 3.63) is 23.7 Å². The third-order valence-electron chi connectivity index (χ3n) is 3.84. The smallest absolute Gasteiger partial charge is 0.374 e. The summed E-state index contributed by atoms with van der Waals surface area (Å²) in [6.07, 6.45) is 6.84. The molecular weight excluding hydrogens is 230 g/mol. The summed E-state index contributed by atoms with van der Waals surface area (Å²) in [5.41, 5.74) is 0.867. The highest BCUT2D eigenvalue weighted by Crippen LogP contribution is 2.27. The largest absolute Gasteiger partial charge is 0.463 e. The highest BCUT2D eigenvalue weighted by molar-refractivity contribution is 5.87. The van der Waals surface area contributed by atoms with Crippen LogP contribution >= 0.6 is 0 Å². The second kappa shape index (κ2) is 6.05. The van der Waals surface area contributed by atoms with Crippen LogP contribution < -0.4 is 5.32 Å². The van der Waals surface area contributed by atoms with Gasteiger partial charge in [-0.15, -0.1) is 0 Å². The molecule has 1 aliphatic carbocycles. The molecule has 1 N–H and O–H groups in total. The molecule has 0 radical (unpaired) electrons. The van der Waals surface area contributed by atoms with Gasteiger partial charge in [0, 0.05) is 18.2 Å². The number of rotatable bonds is 5. The second-order valence-electron chi connectivity index (χ2n) is 4.98. The van der Waals surface area contributed by atoms with Gasteiger partial charge in [-0.3, -0.25) is 0 Å². The normalized spacial score (nSPS) is 17.9. The first kappa shape index (κ1) is 13.1. The number of carbonyl (C=O) groups is 1. The lowest BCUT2D eigenvalue weighted by atomic mass is 9.99. The molecule has 0 unspecified atom stereocenters. The summed E-state index contributed by atoms with van der Waals surface area (Å²) in [4.78, 5) is 11.5. The van der Waals surface area contributed by atoms with Crippen molar-refractivity contribution in [2.75, 3.05) is 7.11 Å². The SMILES string of the molecule is COC(=O)c1occc1CN[C@H](C)C1CCCC1. The molecule has 1 atom stereocenters. The Hall–Kier alpha value is -1.29. The van der Waals surface area contributed by atoms with Crippen LogP contribution in [0.25, 0.3) is 0 Å². The van der Waals surface area contributed by atoms with Crippen molar-refractivity contribution in [2.45, 2.75) is 45.2 Å². The van der Waals surface area contributed by atoms with Crippen molar-refractivity contribution in [2.24, 2.45) is 5.92 Å². The zero-order valence-corrected chi connectivity index (χ0v) is 11.1. The van der Waals surface area contributed by atoms with Gasteiger partial charge in [0.1, 0.15) is 0 Å². The maximum Gasteiger partial charge on any atom is 0.374 e. The summed E-state index contributed by atoms with van der Waals surface area (Å²) in [6, 6.07) is 2.30. The molecule has 1 aromatic heterocycles. The van der Waals surface area contributed by atoms with Gasteiger partial charge < -0.3 is 14.5 Å². The van der Waals surface area contributed by atoms with E-state index in [0.717, 1.165) is 11.5 Å². The Bertz CT molecular complexity index is 393. The van der Waals surface area contributed by atoms with Gasteiger partial charge in [0.15, 0.2) is 0 Å². The number of furan rings is 1. The Balaban J connectivity index is 1.89. The van der Waals surface area contributed by atoms with E-state index >= 15 is 0 Å². The molecule has 2 rings (SSSR count). The van der Waals surface area contributed by atoms with E-state index < -0.39 is 5.97 Å². The first-order chi connectivity index (χ1) is 8.72. The van der Waals surface area contributed by atoms with E-state index in [4.69, 9.17) is 4.42 Å². The van der Waals surface area contributed by atoms with E-state index in [9.17, 15) is 4.79 Å². The van der Waals surface area contributed by atoms with Crippen LogP contribution in [0, 0.1) is 5.92 Å². The van der Waals surface area contributed by atoms with E-state index in [1.54, 1.807) is 0 Å². The third-order valence-corrected chi connectivity index (χ3v) is 3.84. The van der Waals surface area contributed by atoms with Gasteiger partial charge in [-0.1, -0.05) is 12.8 Å². The molecule has 4 heteroatoms. The molecule has 100 valence electrons. The van der Waals surface area contributed by atoms with E-state index in [1.807, 2.05) is 6.07 Å². The molecule has 1 fully saturated rings. The van der Waals surface area contributed by atoms with Gasteiger partial charge in [-0.2, -0.15) is 0 Å². The Kier molecular flexibility index (Phi) is 4.42. The average Bonchev–Trinajstić information content (AvgIpc) is 3.05. The molecule has 0 spiro atoms. The van der Waals surface area contributed by atoms with Crippen molar-refractivity contribution in [1.82, 2.24) is 5.32 Å². The van der Waals surface area contributed by atoms with Gasteiger partial charge in [0.25, 0.3) is 0 Å². The molecule has 4 nitrogen and oxygen atoms in total. The lowest BCUT2D eigenvalue weighted by molar-refractivity contribution is 0.0563. The minimum absolute atomic E-state index is 0.309. The van der Waals surface area contributed by atoms with Crippen molar-refractivity contribution < 1.29 is 13.9 Å². The first-order valence-corrected chi connectivity index (χ1v) is 6.60. The topological polar surface area (TPSA) is 51.5 Å². The van der Waals surface area contributed by atoms with Gasteiger partial charge in [-0.25, -0.2) is 4.79 Å². The molecular formula is C14H21NO3. The summed E-state index contributed by atoms with van der Waals surface area (Å²) >= 11 is 0. The van der Waals surface area contributed by atoms with Gasteiger partial charge >= 0.3 is 5.97 Å². The monoisotopic (exact) mass is 251 g/mol. The zero-order valence-electron chi connectivity index (χ0n) is 11.1. The molecule has 1 saturated carbocycles. The first-order valence-electron chi connectivity index (χ1n) is 6.60. The Morgan fingerprint density at radius 1 is 1.56 bits per heavy atom. The second-order valence-corrected chi connectivity index (χ2v) is 4.98. The molecule has 0 aromatic carbocycles. The summed E-state index contributed by atoms with van der Waals surface area (Å²) in [6.45, 7) is 2.87. The molecule has 0 saturated heterocycles. The van der Waals surface area contributed by atoms with Crippen LogP contribution in [-0.2, 0) is 11.3 Å². The van der Waals surface area contributed by atoms with Crippen LogP contribution in [-0.4, -0.2) is 19.1 Å². The number of hydrogen-bond donors (Lipinski definition) is 1. The molecule has 1 aliphatic rings. The lowest BCUT2D eigenvalue weighted by Crippen LogP contribution is -2.32. The van der Waals surface area contributed by atoms with E-state index in [-0.39, 0.29) is 0 Å². The fourth-order valence-electron chi connectivity index (χ4n) is 2.64. The maximum absolute atomic E-state index is 11.5. The average molecular weight is 251 g/mol. The Morgan fingerprint density at radius 2 is 2.28 bits per heavy atom. The van der Waals surface area contributed by atoms with Crippen LogP contribution in [0.15, 0.2) is 16.7 Å². The van der Waals surface area contributed by atoms with E-state index in [0.29, 0.717) is 18.3 Å². The highest BCUT2D eigenvalue weighted by Gasteiger charge is 2.22. The summed E-state index contributed by atoms with van der Waals surface area (Å²) in [5, 5.41) is 3.48. The molecule has 0 bridgehead atoms. The van der Waals surface area contributed by atoms with Crippen molar-refractivity contribution >= 4 is 5.97 Å². The van der Waals surface area contributed by atoms with Gasteiger partial charge in [0.05, 0.1) is 13.4 Å². The van der Waals surface area contributed by atoms with Crippen LogP contribution in [0.5, 0.6) is 0 Å². The molecule has 18 heavy (non-hydrogen) atoms. The van der Waals surface area contributed by atoms with Crippen molar-refractivity contribution in [3.63, 3.8) is 0 Å². The number of methoxy groups -OCH3 is 1. The summed E-state index contributed by atoms with van der Waals surface area (Å²) in [7, 11) is 1.36. The minimum atomic E-state index is -0.412. The number of nitrogens with one attached hydrogen (secondary N) is 1. The summed E-state index contributed by atoms with van der Waals surface area (Å²) in [5.74, 6) is 0.660. The predicted molar refractivity (Wildman–Crippen MR) is 68.3 cm³/mol. The van der Waals surface area contributed by atoms with Crippen molar-refractivity contribution in [3.8, 4) is 0 Å². The summed E-state index contributed by atoms with van der Waals surface area (Å²) < 4.78 is 9.84. The fourth-order valence-corrected chi connectivity index (χ4v) is 2.64. The molecule has 0 amide bonds. The Labute approximate surface area is 108 Å². The lowest BCUT2D eigenvalue weighted by Gasteiger charge is -2.20. The van der Waals surface area contributed by atoms with Crippen LogP contribution in [0.3, 0.4) is 0 Å². The zero-order chi connectivity index (χ0) is 13.0. The number of ether oxygens (including phenoxy) is 1. The van der Waals surface area contributed by atoms with Gasteiger partial charge in [-0.05, 0) is 31.7 Å². The quantitative estimate of drug-likeness (QED) is 0.817. The number of hydrogen-bond acceptors (Lipinski definition) is 4. The van der Waals surface area contributed by atoms with Crippen LogP contribution in [0.2, 0.25) is 0 Å². The number of esters is 1. The van der Waals surface area contributed by atoms with Crippen molar-refractivity contribution in [1.29, 1.82) is 0 Å². The number of carbonyl (C=O) groups excluding carboxylic acids is 1. The Morgan fingerprint density at radius 3 is 2.94 bits per heavy atom. The standard InChI is InChI=1S/C14H21NO3/c1-10(11-5-3-4-6-11)15-9-12-7-8-18-13(12)14(16)17-2/h7-8,10-11,15H,3-6,9H2,1-2H3/t10-/m1/s1. The maximum atomic E-state index is 11.5. The van der Waals surface area contributed by atoms with Crippen LogP contribution in [0.1, 0.15) is 48.7 Å². The van der Waals surface area contributed by atoms with Crippen LogP contribution in [0.4, 0.5) is 0 Å². The minimum Gasteiger partial charge on any atom is -0.463 e. The molecule has 1 aromatic rings. The molecule has 0 aliphatic heterocycles. The predicted octanol–water partition coefficient (Wildman–Crippen LogP) is 2.73. The highest BCUT2D eigenvalue weighted by atomic mass is 16.5. The van der Waals surface area contributed by atoms with E-state index in [2.05, 4.69) is 17.0 Å². The van der Waals surface area contributed by atoms with E-state index in [1.165, 1.54) is 39.1 Å². The molecule has 1 heterocycles.